The van der Waals surface area contributed by atoms with Crippen LogP contribution in [-0.2, 0) is 0 Å². The van der Waals surface area contributed by atoms with Crippen LogP contribution in [0, 0.1) is 11.2 Å². The zero-order chi connectivity index (χ0) is 15.6. The van der Waals surface area contributed by atoms with Crippen molar-refractivity contribution >= 4 is 5.91 Å². The Morgan fingerprint density at radius 1 is 1.33 bits per heavy atom. The van der Waals surface area contributed by atoms with Gasteiger partial charge in [0.2, 0.25) is 0 Å². The topological polar surface area (TPSA) is 29.5 Å². The average Bonchev–Trinajstić information content (AvgIpc) is 2.45. The highest BCUT2D eigenvalue weighted by atomic mass is 19.1. The number of nitrogens with zero attached hydrogens (tertiary/aromatic N) is 1. The standard InChI is InChI=1S/C17H22FNO2/c1-17(2,3)12-7-9-19(10-8-12)16(20)14-6-5-13(21-4)11-15(14)18/h5-7,11H,8-10H2,1-4H3. The maximum absolute atomic E-state index is 14.0. The number of benzene rings is 1. The normalized spacial score (nSPS) is 15.7. The van der Waals surface area contributed by atoms with E-state index in [0.717, 1.165) is 6.42 Å². The molecule has 1 aliphatic rings. The summed E-state index contributed by atoms with van der Waals surface area (Å²) in [6.07, 6.45) is 2.93. The molecule has 114 valence electrons. The van der Waals surface area contributed by atoms with Crippen LogP contribution in [-0.4, -0.2) is 31.0 Å². The minimum atomic E-state index is -0.537. The molecule has 4 heteroatoms. The van der Waals surface area contributed by atoms with Crippen LogP contribution in [0.1, 0.15) is 37.6 Å². The van der Waals surface area contributed by atoms with Crippen LogP contribution in [0.15, 0.2) is 29.8 Å². The summed E-state index contributed by atoms with van der Waals surface area (Å²) in [6.45, 7) is 7.67. The summed E-state index contributed by atoms with van der Waals surface area (Å²) in [4.78, 5) is 14.1. The number of amides is 1. The first kappa shape index (κ1) is 15.5. The van der Waals surface area contributed by atoms with Gasteiger partial charge >= 0.3 is 0 Å². The first-order valence-electron chi connectivity index (χ1n) is 7.15. The lowest BCUT2D eigenvalue weighted by molar-refractivity contribution is 0.0760. The molecule has 0 fully saturated rings. The summed E-state index contributed by atoms with van der Waals surface area (Å²) in [7, 11) is 1.47. The van der Waals surface area contributed by atoms with Gasteiger partial charge in [0.1, 0.15) is 11.6 Å². The summed E-state index contributed by atoms with van der Waals surface area (Å²) in [6, 6.07) is 4.34. The Morgan fingerprint density at radius 3 is 2.52 bits per heavy atom. The first-order valence-corrected chi connectivity index (χ1v) is 7.15. The molecule has 0 aromatic heterocycles. The van der Waals surface area contributed by atoms with E-state index in [2.05, 4.69) is 26.8 Å². The van der Waals surface area contributed by atoms with Gasteiger partial charge in [-0.05, 0) is 24.0 Å². The Balaban J connectivity index is 2.14. The van der Waals surface area contributed by atoms with Gasteiger partial charge in [-0.15, -0.1) is 0 Å². The molecule has 1 aliphatic heterocycles. The highest BCUT2D eigenvalue weighted by Gasteiger charge is 2.25. The fraction of sp³-hybridized carbons (Fsp3) is 0.471. The average molecular weight is 291 g/mol. The van der Waals surface area contributed by atoms with Crippen molar-refractivity contribution in [3.05, 3.63) is 41.2 Å². The molecule has 1 aromatic carbocycles. The van der Waals surface area contributed by atoms with Crippen LogP contribution in [0.25, 0.3) is 0 Å². The molecule has 0 aliphatic carbocycles. The molecule has 0 radical (unpaired) electrons. The zero-order valence-corrected chi connectivity index (χ0v) is 13.1. The monoisotopic (exact) mass is 291 g/mol. The van der Waals surface area contributed by atoms with E-state index in [4.69, 9.17) is 4.74 Å². The molecule has 1 heterocycles. The fourth-order valence-electron chi connectivity index (χ4n) is 2.50. The number of methoxy groups -OCH3 is 1. The maximum Gasteiger partial charge on any atom is 0.257 e. The Bertz CT molecular complexity index is 573. The lowest BCUT2D eigenvalue weighted by Gasteiger charge is -2.32. The molecule has 0 atom stereocenters. The Kier molecular flexibility index (Phi) is 4.35. The molecule has 0 saturated heterocycles. The molecule has 0 spiro atoms. The maximum atomic E-state index is 14.0. The molecule has 0 unspecified atom stereocenters. The van der Waals surface area contributed by atoms with Crippen molar-refractivity contribution < 1.29 is 13.9 Å². The third-order valence-corrected chi connectivity index (χ3v) is 3.87. The number of carbonyl (C=O) groups excluding carboxylic acids is 1. The summed E-state index contributed by atoms with van der Waals surface area (Å²) in [5.41, 5.74) is 1.57. The molecule has 2 rings (SSSR count). The quantitative estimate of drug-likeness (QED) is 0.778. The highest BCUT2D eigenvalue weighted by Crippen LogP contribution is 2.30. The number of halogens is 1. The van der Waals surface area contributed by atoms with Crippen LogP contribution in [0.4, 0.5) is 4.39 Å². The van der Waals surface area contributed by atoms with Gasteiger partial charge in [0.15, 0.2) is 0 Å². The SMILES string of the molecule is COc1ccc(C(=O)N2CC=C(C(C)(C)C)CC2)c(F)c1. The van der Waals surface area contributed by atoms with Gasteiger partial charge in [-0.1, -0.05) is 32.4 Å². The van der Waals surface area contributed by atoms with Crippen LogP contribution in [0.5, 0.6) is 5.75 Å². The smallest absolute Gasteiger partial charge is 0.257 e. The van der Waals surface area contributed by atoms with Crippen molar-refractivity contribution in [2.24, 2.45) is 5.41 Å². The number of carbonyl (C=O) groups is 1. The third kappa shape index (κ3) is 3.43. The zero-order valence-electron chi connectivity index (χ0n) is 13.1. The van der Waals surface area contributed by atoms with Crippen molar-refractivity contribution in [2.45, 2.75) is 27.2 Å². The minimum Gasteiger partial charge on any atom is -0.497 e. The second-order valence-electron chi connectivity index (χ2n) is 6.33. The Labute approximate surface area is 125 Å². The van der Waals surface area contributed by atoms with Gasteiger partial charge in [-0.2, -0.15) is 0 Å². The summed E-state index contributed by atoms with van der Waals surface area (Å²) in [5, 5.41) is 0. The molecular formula is C17H22FNO2. The van der Waals surface area contributed by atoms with Gasteiger partial charge in [-0.25, -0.2) is 4.39 Å². The van der Waals surface area contributed by atoms with E-state index in [1.165, 1.54) is 24.8 Å². The Morgan fingerprint density at radius 2 is 2.05 bits per heavy atom. The lowest BCUT2D eigenvalue weighted by Crippen LogP contribution is -2.36. The van der Waals surface area contributed by atoms with Crippen LogP contribution < -0.4 is 4.74 Å². The summed E-state index contributed by atoms with van der Waals surface area (Å²) in [5.74, 6) is -0.387. The minimum absolute atomic E-state index is 0.100. The van der Waals surface area contributed by atoms with Gasteiger partial charge < -0.3 is 9.64 Å². The van der Waals surface area contributed by atoms with Gasteiger partial charge in [0, 0.05) is 19.2 Å². The van der Waals surface area contributed by atoms with Gasteiger partial charge in [0.05, 0.1) is 12.7 Å². The predicted molar refractivity (Wildman–Crippen MR) is 81.0 cm³/mol. The van der Waals surface area contributed by atoms with E-state index < -0.39 is 5.82 Å². The number of rotatable bonds is 2. The molecule has 1 aromatic rings. The lowest BCUT2D eigenvalue weighted by atomic mass is 9.83. The highest BCUT2D eigenvalue weighted by molar-refractivity contribution is 5.94. The predicted octanol–water partition coefficient (Wildman–Crippen LogP) is 3.65. The van der Waals surface area contributed by atoms with Crippen molar-refractivity contribution in [3.8, 4) is 5.75 Å². The van der Waals surface area contributed by atoms with Gasteiger partial charge in [0.25, 0.3) is 5.91 Å². The molecule has 21 heavy (non-hydrogen) atoms. The molecule has 0 N–H and O–H groups in total. The number of ether oxygens (including phenoxy) is 1. The number of hydrogen-bond donors (Lipinski definition) is 0. The molecule has 1 amide bonds. The van der Waals surface area contributed by atoms with Crippen LogP contribution in [0.2, 0.25) is 0 Å². The fourth-order valence-corrected chi connectivity index (χ4v) is 2.50. The van der Waals surface area contributed by atoms with Crippen molar-refractivity contribution in [1.82, 2.24) is 4.90 Å². The van der Waals surface area contributed by atoms with E-state index in [1.54, 1.807) is 11.0 Å². The van der Waals surface area contributed by atoms with Gasteiger partial charge in [-0.3, -0.25) is 4.79 Å². The number of hydrogen-bond acceptors (Lipinski definition) is 2. The molecule has 3 nitrogen and oxygen atoms in total. The van der Waals surface area contributed by atoms with E-state index in [-0.39, 0.29) is 16.9 Å². The van der Waals surface area contributed by atoms with Crippen LogP contribution >= 0.6 is 0 Å². The van der Waals surface area contributed by atoms with Crippen molar-refractivity contribution in [2.75, 3.05) is 20.2 Å². The van der Waals surface area contributed by atoms with E-state index in [0.29, 0.717) is 18.8 Å². The second kappa shape index (κ2) is 5.88. The van der Waals surface area contributed by atoms with E-state index in [9.17, 15) is 9.18 Å². The van der Waals surface area contributed by atoms with Crippen molar-refractivity contribution in [3.63, 3.8) is 0 Å². The third-order valence-electron chi connectivity index (χ3n) is 3.87. The second-order valence-corrected chi connectivity index (χ2v) is 6.33. The first-order chi connectivity index (χ1) is 9.82. The Hall–Kier alpha value is -1.84. The van der Waals surface area contributed by atoms with Crippen molar-refractivity contribution in [1.29, 1.82) is 0 Å². The molecule has 0 bridgehead atoms. The summed E-state index contributed by atoms with van der Waals surface area (Å²) >= 11 is 0. The summed E-state index contributed by atoms with van der Waals surface area (Å²) < 4.78 is 18.9. The van der Waals surface area contributed by atoms with E-state index >= 15 is 0 Å². The molecule has 0 saturated carbocycles. The largest absolute Gasteiger partial charge is 0.497 e. The van der Waals surface area contributed by atoms with E-state index in [1.807, 2.05) is 0 Å². The van der Waals surface area contributed by atoms with Crippen LogP contribution in [0.3, 0.4) is 0 Å². The molecular weight excluding hydrogens is 269 g/mol.